The Bertz CT molecular complexity index is 963. The number of rotatable bonds is 6. The van der Waals surface area contributed by atoms with Crippen molar-refractivity contribution in [2.45, 2.75) is 20.1 Å². The lowest BCUT2D eigenvalue weighted by Gasteiger charge is -2.17. The molecule has 0 aliphatic carbocycles. The van der Waals surface area contributed by atoms with E-state index in [4.69, 9.17) is 27.9 Å². The number of ether oxygens (including phenoxy) is 1. The summed E-state index contributed by atoms with van der Waals surface area (Å²) < 4.78 is 7.96. The second-order valence-electron chi connectivity index (χ2n) is 6.07. The molecule has 140 valence electrons. The van der Waals surface area contributed by atoms with Gasteiger partial charge in [0.15, 0.2) is 0 Å². The van der Waals surface area contributed by atoms with Crippen LogP contribution in [-0.4, -0.2) is 0 Å². The summed E-state index contributed by atoms with van der Waals surface area (Å²) in [5.41, 5.74) is 4.09. The predicted octanol–water partition coefficient (Wildman–Crippen LogP) is 8.02. The van der Waals surface area contributed by atoms with E-state index in [0.717, 1.165) is 37.1 Å². The minimum atomic E-state index is 0.392. The van der Waals surface area contributed by atoms with Crippen LogP contribution in [0, 0.1) is 6.92 Å². The predicted molar refractivity (Wildman–Crippen MR) is 121 cm³/mol. The fourth-order valence-corrected chi connectivity index (χ4v) is 4.44. The lowest BCUT2D eigenvalue weighted by molar-refractivity contribution is 0.301. The van der Waals surface area contributed by atoms with Crippen LogP contribution in [0.15, 0.2) is 63.5 Å². The van der Waals surface area contributed by atoms with Gasteiger partial charge in [-0.2, -0.15) is 0 Å². The largest absolute Gasteiger partial charge is 0.487 e. The van der Waals surface area contributed by atoms with Gasteiger partial charge in [0.1, 0.15) is 12.4 Å². The summed E-state index contributed by atoms with van der Waals surface area (Å²) in [4.78, 5) is 0. The zero-order valence-corrected chi connectivity index (χ0v) is 19.2. The van der Waals surface area contributed by atoms with Crippen molar-refractivity contribution in [3.63, 3.8) is 0 Å². The van der Waals surface area contributed by atoms with E-state index in [1.807, 2.05) is 61.5 Å². The molecular weight excluding hydrogens is 513 g/mol. The number of anilines is 1. The molecule has 3 rings (SSSR count). The van der Waals surface area contributed by atoms with Crippen molar-refractivity contribution in [2.24, 2.45) is 0 Å². The molecule has 0 aromatic heterocycles. The molecule has 0 spiro atoms. The van der Waals surface area contributed by atoms with Gasteiger partial charge in [-0.15, -0.1) is 0 Å². The maximum atomic E-state index is 6.24. The highest BCUT2D eigenvalue weighted by molar-refractivity contribution is 9.11. The summed E-state index contributed by atoms with van der Waals surface area (Å²) in [6, 6.07) is 17.5. The Labute approximate surface area is 186 Å². The van der Waals surface area contributed by atoms with Crippen LogP contribution in [-0.2, 0) is 13.2 Å². The van der Waals surface area contributed by atoms with Crippen LogP contribution >= 0.6 is 55.1 Å². The Morgan fingerprint density at radius 2 is 1.74 bits per heavy atom. The van der Waals surface area contributed by atoms with Crippen LogP contribution in [0.5, 0.6) is 5.75 Å². The van der Waals surface area contributed by atoms with Crippen LogP contribution in [0.2, 0.25) is 10.0 Å². The maximum Gasteiger partial charge on any atom is 0.139 e. The van der Waals surface area contributed by atoms with Crippen molar-refractivity contribution < 1.29 is 4.74 Å². The van der Waals surface area contributed by atoms with Gasteiger partial charge in [0.05, 0.1) is 4.47 Å². The molecule has 27 heavy (non-hydrogen) atoms. The molecule has 0 unspecified atom stereocenters. The van der Waals surface area contributed by atoms with Crippen LogP contribution in [0.4, 0.5) is 5.69 Å². The summed E-state index contributed by atoms with van der Waals surface area (Å²) >= 11 is 19.5. The van der Waals surface area contributed by atoms with Crippen LogP contribution in [0.1, 0.15) is 16.7 Å². The molecule has 0 aliphatic rings. The molecule has 3 aromatic rings. The van der Waals surface area contributed by atoms with Gasteiger partial charge in [0.2, 0.25) is 0 Å². The highest BCUT2D eigenvalue weighted by Gasteiger charge is 2.12. The van der Waals surface area contributed by atoms with Crippen molar-refractivity contribution in [1.82, 2.24) is 0 Å². The number of hydrogen-bond acceptors (Lipinski definition) is 2. The number of nitrogens with one attached hydrogen (secondary N) is 1. The third-order valence-corrected chi connectivity index (χ3v) is 5.73. The van der Waals surface area contributed by atoms with E-state index in [2.05, 4.69) is 37.2 Å². The number of benzene rings is 3. The van der Waals surface area contributed by atoms with E-state index in [-0.39, 0.29) is 0 Å². The standard InChI is InChI=1S/C21H17Br2Cl2NO/c1-13-6-7-17(24)10-20(13)26-11-15-8-16(22)9-18(23)21(15)27-12-14-4-2-3-5-19(14)25/h2-10,26H,11-12H2,1H3. The first-order valence-corrected chi connectivity index (χ1v) is 10.6. The van der Waals surface area contributed by atoms with E-state index >= 15 is 0 Å². The van der Waals surface area contributed by atoms with Crippen molar-refractivity contribution in [3.05, 3.63) is 90.3 Å². The molecule has 0 atom stereocenters. The third kappa shape index (κ3) is 5.41. The zero-order valence-electron chi connectivity index (χ0n) is 14.5. The molecule has 0 radical (unpaired) electrons. The lowest BCUT2D eigenvalue weighted by Crippen LogP contribution is -2.05. The normalized spacial score (nSPS) is 10.7. The summed E-state index contributed by atoms with van der Waals surface area (Å²) in [5, 5.41) is 4.84. The van der Waals surface area contributed by atoms with Crippen LogP contribution < -0.4 is 10.1 Å². The highest BCUT2D eigenvalue weighted by Crippen LogP contribution is 2.35. The quantitative estimate of drug-likeness (QED) is 0.349. The molecule has 6 heteroatoms. The first-order chi connectivity index (χ1) is 12.9. The number of hydrogen-bond donors (Lipinski definition) is 1. The van der Waals surface area contributed by atoms with Gasteiger partial charge in [0.25, 0.3) is 0 Å². The lowest BCUT2D eigenvalue weighted by atomic mass is 10.1. The maximum absolute atomic E-state index is 6.24. The van der Waals surface area contributed by atoms with Crippen molar-refractivity contribution >= 4 is 60.7 Å². The molecule has 2 nitrogen and oxygen atoms in total. The van der Waals surface area contributed by atoms with Crippen LogP contribution in [0.25, 0.3) is 0 Å². The van der Waals surface area contributed by atoms with E-state index in [1.165, 1.54) is 0 Å². The first-order valence-electron chi connectivity index (χ1n) is 8.28. The van der Waals surface area contributed by atoms with Crippen molar-refractivity contribution in [3.8, 4) is 5.75 Å². The molecular formula is C21H17Br2Cl2NO. The second-order valence-corrected chi connectivity index (χ2v) is 8.68. The van der Waals surface area contributed by atoms with Gasteiger partial charge >= 0.3 is 0 Å². The molecule has 0 aliphatic heterocycles. The average Bonchev–Trinajstić information content (AvgIpc) is 2.63. The molecule has 0 amide bonds. The summed E-state index contributed by atoms with van der Waals surface area (Å²) in [7, 11) is 0. The van der Waals surface area contributed by atoms with Gasteiger partial charge in [-0.25, -0.2) is 0 Å². The molecule has 0 fully saturated rings. The fraction of sp³-hybridized carbons (Fsp3) is 0.143. The smallest absolute Gasteiger partial charge is 0.139 e. The van der Waals surface area contributed by atoms with E-state index in [0.29, 0.717) is 23.2 Å². The van der Waals surface area contributed by atoms with E-state index in [1.54, 1.807) is 0 Å². The molecule has 0 bridgehead atoms. The molecule has 1 N–H and O–H groups in total. The van der Waals surface area contributed by atoms with E-state index in [9.17, 15) is 0 Å². The Hall–Kier alpha value is -1.20. The van der Waals surface area contributed by atoms with Crippen LogP contribution in [0.3, 0.4) is 0 Å². The van der Waals surface area contributed by atoms with Crippen molar-refractivity contribution in [1.29, 1.82) is 0 Å². The van der Waals surface area contributed by atoms with Gasteiger partial charge < -0.3 is 10.1 Å². The molecule has 0 heterocycles. The van der Waals surface area contributed by atoms with Gasteiger partial charge in [-0.05, 0) is 58.7 Å². The molecule has 0 saturated heterocycles. The number of aryl methyl sites for hydroxylation is 1. The molecule has 3 aromatic carbocycles. The summed E-state index contributed by atoms with van der Waals surface area (Å²) in [5.74, 6) is 0.783. The van der Waals surface area contributed by atoms with Gasteiger partial charge in [-0.3, -0.25) is 0 Å². The summed E-state index contributed by atoms with van der Waals surface area (Å²) in [6.45, 7) is 3.03. The van der Waals surface area contributed by atoms with Crippen molar-refractivity contribution in [2.75, 3.05) is 5.32 Å². The molecule has 0 saturated carbocycles. The van der Waals surface area contributed by atoms with Gasteiger partial charge in [-0.1, -0.05) is 63.4 Å². The Morgan fingerprint density at radius 3 is 2.52 bits per heavy atom. The summed E-state index contributed by atoms with van der Waals surface area (Å²) in [6.07, 6.45) is 0. The third-order valence-electron chi connectivity index (χ3n) is 4.08. The average molecular weight is 530 g/mol. The highest BCUT2D eigenvalue weighted by atomic mass is 79.9. The topological polar surface area (TPSA) is 21.3 Å². The SMILES string of the molecule is Cc1ccc(Cl)cc1NCc1cc(Br)cc(Br)c1OCc1ccccc1Cl. The van der Waals surface area contributed by atoms with Gasteiger partial charge in [0, 0.05) is 37.9 Å². The zero-order chi connectivity index (χ0) is 19.4. The Kier molecular flexibility index (Phi) is 7.10. The Morgan fingerprint density at radius 1 is 0.963 bits per heavy atom. The Balaban J connectivity index is 1.82. The first kappa shape index (κ1) is 20.5. The minimum absolute atomic E-state index is 0.392. The fourth-order valence-electron chi connectivity index (χ4n) is 2.65. The minimum Gasteiger partial charge on any atom is -0.487 e. The monoisotopic (exact) mass is 527 g/mol. The van der Waals surface area contributed by atoms with E-state index < -0.39 is 0 Å². The number of halogens is 4. The second kappa shape index (κ2) is 9.33.